The Bertz CT molecular complexity index is 263. The van der Waals surface area contributed by atoms with Crippen LogP contribution in [0.3, 0.4) is 0 Å². The SMILES string of the molecule is CC(N)(N)OCC(CI)OC(=O)C1CCCCC1. The fraction of sp³-hybridized carbons (Fsp3) is 0.917. The number of carbonyl (C=O) groups is 1. The first-order valence-corrected chi connectivity index (χ1v) is 7.93. The zero-order valence-electron chi connectivity index (χ0n) is 10.9. The van der Waals surface area contributed by atoms with Gasteiger partial charge in [-0.2, -0.15) is 0 Å². The van der Waals surface area contributed by atoms with E-state index in [2.05, 4.69) is 22.6 Å². The van der Waals surface area contributed by atoms with Gasteiger partial charge in [-0.25, -0.2) is 0 Å². The van der Waals surface area contributed by atoms with Crippen LogP contribution >= 0.6 is 22.6 Å². The largest absolute Gasteiger partial charge is 0.459 e. The third kappa shape index (κ3) is 6.31. The number of ether oxygens (including phenoxy) is 2. The van der Waals surface area contributed by atoms with Crippen molar-refractivity contribution >= 4 is 28.6 Å². The van der Waals surface area contributed by atoms with Gasteiger partial charge in [-0.3, -0.25) is 16.3 Å². The Morgan fingerprint density at radius 2 is 2.00 bits per heavy atom. The first-order chi connectivity index (χ1) is 8.42. The molecule has 1 rings (SSSR count). The highest BCUT2D eigenvalue weighted by Gasteiger charge is 2.26. The zero-order valence-corrected chi connectivity index (χ0v) is 13.0. The lowest BCUT2D eigenvalue weighted by molar-refractivity contribution is -0.160. The number of nitrogens with two attached hydrogens (primary N) is 2. The molecule has 106 valence electrons. The average Bonchev–Trinajstić information content (AvgIpc) is 2.34. The Morgan fingerprint density at radius 3 is 2.50 bits per heavy atom. The third-order valence-electron chi connectivity index (χ3n) is 2.97. The van der Waals surface area contributed by atoms with Crippen molar-refractivity contribution in [2.45, 2.75) is 51.0 Å². The minimum absolute atomic E-state index is 0.0614. The molecule has 0 saturated heterocycles. The molecule has 0 aromatic carbocycles. The van der Waals surface area contributed by atoms with Gasteiger partial charge in [-0.05, 0) is 19.8 Å². The van der Waals surface area contributed by atoms with E-state index in [-0.39, 0.29) is 24.6 Å². The normalized spacial score (nSPS) is 19.6. The summed E-state index contributed by atoms with van der Waals surface area (Å²) in [6.45, 7) is 1.81. The standard InChI is InChI=1S/C12H23IN2O3/c1-12(14,15)17-8-10(7-13)18-11(16)9-5-3-2-4-6-9/h9-10H,2-8,14-15H2,1H3. The molecule has 0 heterocycles. The Labute approximate surface area is 122 Å². The predicted molar refractivity (Wildman–Crippen MR) is 78.1 cm³/mol. The molecule has 18 heavy (non-hydrogen) atoms. The van der Waals surface area contributed by atoms with Crippen molar-refractivity contribution in [3.8, 4) is 0 Å². The molecule has 0 amide bonds. The van der Waals surface area contributed by atoms with Crippen molar-refractivity contribution in [2.24, 2.45) is 17.4 Å². The number of hydrogen-bond donors (Lipinski definition) is 2. The second kappa shape index (κ2) is 7.62. The summed E-state index contributed by atoms with van der Waals surface area (Å²) in [6, 6.07) is 0. The number of alkyl halides is 1. The van der Waals surface area contributed by atoms with Gasteiger partial charge in [0.2, 0.25) is 0 Å². The molecule has 1 saturated carbocycles. The second-order valence-electron chi connectivity index (χ2n) is 5.04. The lowest BCUT2D eigenvalue weighted by atomic mass is 9.89. The highest BCUT2D eigenvalue weighted by Crippen LogP contribution is 2.25. The predicted octanol–water partition coefficient (Wildman–Crippen LogP) is 1.52. The monoisotopic (exact) mass is 370 g/mol. The summed E-state index contributed by atoms with van der Waals surface area (Å²) in [7, 11) is 0. The molecule has 0 bridgehead atoms. The van der Waals surface area contributed by atoms with Crippen LogP contribution in [0.5, 0.6) is 0 Å². The van der Waals surface area contributed by atoms with Crippen molar-refractivity contribution in [1.29, 1.82) is 0 Å². The number of carbonyl (C=O) groups excluding carboxylic acids is 1. The van der Waals surface area contributed by atoms with E-state index in [9.17, 15) is 4.79 Å². The molecule has 1 fully saturated rings. The lowest BCUT2D eigenvalue weighted by Gasteiger charge is -2.26. The summed E-state index contributed by atoms with van der Waals surface area (Å²) < 4.78 is 11.4. The molecule has 0 aromatic rings. The topological polar surface area (TPSA) is 87.6 Å². The van der Waals surface area contributed by atoms with Crippen LogP contribution in [-0.2, 0) is 14.3 Å². The number of halogens is 1. The van der Waals surface area contributed by atoms with Gasteiger partial charge in [0, 0.05) is 4.43 Å². The highest BCUT2D eigenvalue weighted by atomic mass is 127. The Morgan fingerprint density at radius 1 is 1.39 bits per heavy atom. The number of hydrogen-bond acceptors (Lipinski definition) is 5. The molecule has 6 heteroatoms. The van der Waals surface area contributed by atoms with Gasteiger partial charge in [0.05, 0.1) is 12.5 Å². The Balaban J connectivity index is 2.34. The van der Waals surface area contributed by atoms with Crippen molar-refractivity contribution in [1.82, 2.24) is 0 Å². The van der Waals surface area contributed by atoms with Gasteiger partial charge in [-0.15, -0.1) is 0 Å². The molecule has 4 N–H and O–H groups in total. The van der Waals surface area contributed by atoms with E-state index < -0.39 is 5.85 Å². The molecule has 5 nitrogen and oxygen atoms in total. The van der Waals surface area contributed by atoms with Crippen molar-refractivity contribution in [2.75, 3.05) is 11.0 Å². The van der Waals surface area contributed by atoms with Gasteiger partial charge in [0.1, 0.15) is 6.10 Å². The molecule has 0 aromatic heterocycles. The van der Waals surface area contributed by atoms with E-state index in [0.717, 1.165) is 25.7 Å². The maximum atomic E-state index is 11.9. The summed E-state index contributed by atoms with van der Waals surface area (Å²) in [6.07, 6.45) is 5.08. The van der Waals surface area contributed by atoms with E-state index in [1.807, 2.05) is 0 Å². The van der Waals surface area contributed by atoms with E-state index in [0.29, 0.717) is 4.43 Å². The maximum Gasteiger partial charge on any atom is 0.309 e. The quantitative estimate of drug-likeness (QED) is 0.320. The van der Waals surface area contributed by atoms with E-state index >= 15 is 0 Å². The van der Waals surface area contributed by atoms with E-state index in [4.69, 9.17) is 20.9 Å². The van der Waals surface area contributed by atoms with Crippen LogP contribution in [0.1, 0.15) is 39.0 Å². The van der Waals surface area contributed by atoms with Crippen LogP contribution in [-0.4, -0.2) is 29.0 Å². The second-order valence-corrected chi connectivity index (χ2v) is 5.92. The van der Waals surface area contributed by atoms with Gasteiger partial charge < -0.3 is 9.47 Å². The van der Waals surface area contributed by atoms with Gasteiger partial charge in [0.25, 0.3) is 0 Å². The minimum atomic E-state index is -1.18. The Hall–Kier alpha value is 0.0800. The molecular weight excluding hydrogens is 347 g/mol. The van der Waals surface area contributed by atoms with Gasteiger partial charge in [0.15, 0.2) is 5.85 Å². The summed E-state index contributed by atoms with van der Waals surface area (Å²) in [4.78, 5) is 11.9. The van der Waals surface area contributed by atoms with Crippen molar-refractivity contribution < 1.29 is 14.3 Å². The number of esters is 1. The van der Waals surface area contributed by atoms with E-state index in [1.165, 1.54) is 6.42 Å². The minimum Gasteiger partial charge on any atom is -0.459 e. The highest BCUT2D eigenvalue weighted by molar-refractivity contribution is 14.1. The van der Waals surface area contributed by atoms with Crippen molar-refractivity contribution in [3.05, 3.63) is 0 Å². The summed E-state index contributed by atoms with van der Waals surface area (Å²) in [5.41, 5.74) is 11.0. The zero-order chi connectivity index (χ0) is 13.6. The first-order valence-electron chi connectivity index (χ1n) is 6.40. The number of rotatable bonds is 6. The molecule has 0 aliphatic heterocycles. The molecule has 0 radical (unpaired) electrons. The van der Waals surface area contributed by atoms with Crippen molar-refractivity contribution in [3.63, 3.8) is 0 Å². The first kappa shape index (κ1) is 16.1. The Kier molecular flexibility index (Phi) is 6.83. The van der Waals surface area contributed by atoms with Crippen LogP contribution in [0.15, 0.2) is 0 Å². The molecule has 1 unspecified atom stereocenters. The third-order valence-corrected chi connectivity index (χ3v) is 3.96. The fourth-order valence-electron chi connectivity index (χ4n) is 1.98. The fourth-order valence-corrected chi connectivity index (χ4v) is 2.42. The summed E-state index contributed by atoms with van der Waals surface area (Å²) in [5.74, 6) is -1.22. The smallest absolute Gasteiger partial charge is 0.309 e. The van der Waals surface area contributed by atoms with Crippen LogP contribution in [0.25, 0.3) is 0 Å². The maximum absolute atomic E-state index is 11.9. The summed E-state index contributed by atoms with van der Waals surface area (Å²) >= 11 is 2.17. The molecule has 1 aliphatic rings. The lowest BCUT2D eigenvalue weighted by Crippen LogP contribution is -2.50. The molecule has 1 atom stereocenters. The van der Waals surface area contributed by atoms with Crippen LogP contribution in [0, 0.1) is 5.92 Å². The van der Waals surface area contributed by atoms with E-state index in [1.54, 1.807) is 6.92 Å². The van der Waals surface area contributed by atoms with Crippen LogP contribution < -0.4 is 11.5 Å². The van der Waals surface area contributed by atoms with Crippen LogP contribution in [0.2, 0.25) is 0 Å². The molecule has 1 aliphatic carbocycles. The van der Waals surface area contributed by atoms with Crippen LogP contribution in [0.4, 0.5) is 0 Å². The molecule has 0 spiro atoms. The van der Waals surface area contributed by atoms with Gasteiger partial charge in [-0.1, -0.05) is 41.9 Å². The van der Waals surface area contributed by atoms with Gasteiger partial charge >= 0.3 is 5.97 Å². The average molecular weight is 370 g/mol. The summed E-state index contributed by atoms with van der Waals surface area (Å²) in [5, 5.41) is 0. The molecular formula is C12H23IN2O3.